The smallest absolute Gasteiger partial charge is 0.271 e. The number of anilines is 1. The van der Waals surface area contributed by atoms with Crippen LogP contribution in [0.5, 0.6) is 0 Å². The van der Waals surface area contributed by atoms with Crippen LogP contribution in [-0.4, -0.2) is 23.1 Å². The predicted molar refractivity (Wildman–Crippen MR) is 71.1 cm³/mol. The summed E-state index contributed by atoms with van der Waals surface area (Å²) in [5.41, 5.74) is 0.712. The highest BCUT2D eigenvalue weighted by Crippen LogP contribution is 2.37. The van der Waals surface area contributed by atoms with Gasteiger partial charge in [0, 0.05) is 35.7 Å². The molecule has 0 unspecified atom stereocenters. The largest absolute Gasteiger partial charge is 0.310 e. The fourth-order valence-electron chi connectivity index (χ4n) is 1.93. The number of amides is 1. The molecular weight excluding hydrogens is 252 g/mol. The van der Waals surface area contributed by atoms with Crippen molar-refractivity contribution in [3.8, 4) is 0 Å². The molecule has 0 fully saturated rings. The van der Waals surface area contributed by atoms with Crippen molar-refractivity contribution in [1.29, 1.82) is 0 Å². The molecule has 96 valence electrons. The minimum absolute atomic E-state index is 0.0329. The second kappa shape index (κ2) is 5.39. The fraction of sp³-hybridized carbons (Fsp3) is 0.417. The van der Waals surface area contributed by atoms with Gasteiger partial charge < -0.3 is 4.90 Å². The van der Waals surface area contributed by atoms with E-state index in [9.17, 15) is 14.9 Å². The lowest BCUT2D eigenvalue weighted by molar-refractivity contribution is -0.384. The second-order valence-electron chi connectivity index (χ2n) is 4.05. The summed E-state index contributed by atoms with van der Waals surface area (Å²) in [6.07, 6.45) is 1.26. The normalized spacial score (nSPS) is 14.2. The number of non-ortho nitro benzene ring substituents is 1. The van der Waals surface area contributed by atoms with Gasteiger partial charge in [0.2, 0.25) is 5.91 Å². The van der Waals surface area contributed by atoms with Crippen molar-refractivity contribution < 1.29 is 9.72 Å². The molecular formula is C12H14N2O3S. The number of nitrogens with zero attached hydrogens (tertiary/aromatic N) is 2. The minimum atomic E-state index is -0.429. The molecule has 1 amide bonds. The Morgan fingerprint density at radius 1 is 1.56 bits per heavy atom. The van der Waals surface area contributed by atoms with Gasteiger partial charge in [0.25, 0.3) is 5.69 Å². The molecule has 0 saturated heterocycles. The lowest BCUT2D eigenvalue weighted by Crippen LogP contribution is -2.35. The molecule has 1 heterocycles. The monoisotopic (exact) mass is 266 g/mol. The number of nitro groups is 1. The zero-order valence-corrected chi connectivity index (χ0v) is 10.9. The first-order valence-corrected chi connectivity index (χ1v) is 6.83. The summed E-state index contributed by atoms with van der Waals surface area (Å²) < 4.78 is 0. The zero-order chi connectivity index (χ0) is 13.1. The highest BCUT2D eigenvalue weighted by atomic mass is 32.2. The molecule has 1 aliphatic heterocycles. The van der Waals surface area contributed by atoms with E-state index >= 15 is 0 Å². The van der Waals surface area contributed by atoms with Gasteiger partial charge in [0.1, 0.15) is 0 Å². The second-order valence-corrected chi connectivity index (χ2v) is 5.19. The Morgan fingerprint density at radius 2 is 2.33 bits per heavy atom. The van der Waals surface area contributed by atoms with Crippen molar-refractivity contribution >= 4 is 29.0 Å². The molecule has 5 nitrogen and oxygen atoms in total. The van der Waals surface area contributed by atoms with Crippen LogP contribution in [0.2, 0.25) is 0 Å². The third-order valence-electron chi connectivity index (χ3n) is 2.78. The maximum atomic E-state index is 12.0. The molecule has 2 rings (SSSR count). The van der Waals surface area contributed by atoms with Crippen molar-refractivity contribution in [1.82, 2.24) is 0 Å². The highest BCUT2D eigenvalue weighted by molar-refractivity contribution is 7.99. The molecule has 1 aliphatic rings. The van der Waals surface area contributed by atoms with E-state index in [0.29, 0.717) is 18.7 Å². The van der Waals surface area contributed by atoms with E-state index in [2.05, 4.69) is 0 Å². The summed E-state index contributed by atoms with van der Waals surface area (Å²) in [6.45, 7) is 2.57. The van der Waals surface area contributed by atoms with Crippen molar-refractivity contribution in [3.63, 3.8) is 0 Å². The lowest BCUT2D eigenvalue weighted by Gasteiger charge is -2.28. The fourth-order valence-corrected chi connectivity index (χ4v) is 2.90. The standard InChI is InChI=1S/C12H14N2O3S/c1-2-3-12(15)13-6-7-18-11-5-4-9(14(16)17)8-10(11)13/h4-5,8H,2-3,6-7H2,1H3. The van der Waals surface area contributed by atoms with Crippen LogP contribution in [0.15, 0.2) is 23.1 Å². The van der Waals surface area contributed by atoms with E-state index in [4.69, 9.17) is 0 Å². The first-order chi connectivity index (χ1) is 8.63. The van der Waals surface area contributed by atoms with Crippen LogP contribution in [0, 0.1) is 10.1 Å². The minimum Gasteiger partial charge on any atom is -0.310 e. The van der Waals surface area contributed by atoms with E-state index in [1.807, 2.05) is 6.92 Å². The average molecular weight is 266 g/mol. The molecule has 6 heteroatoms. The van der Waals surface area contributed by atoms with Crippen LogP contribution < -0.4 is 4.90 Å². The third kappa shape index (κ3) is 2.48. The van der Waals surface area contributed by atoms with Crippen LogP contribution in [0.1, 0.15) is 19.8 Å². The van der Waals surface area contributed by atoms with Gasteiger partial charge in [-0.05, 0) is 12.5 Å². The molecule has 0 radical (unpaired) electrons. The number of carbonyl (C=O) groups excluding carboxylic acids is 1. The van der Waals surface area contributed by atoms with Gasteiger partial charge in [-0.3, -0.25) is 14.9 Å². The summed E-state index contributed by atoms with van der Waals surface area (Å²) in [7, 11) is 0. The average Bonchev–Trinajstić information content (AvgIpc) is 2.37. The molecule has 0 N–H and O–H groups in total. The lowest BCUT2D eigenvalue weighted by atomic mass is 10.2. The highest BCUT2D eigenvalue weighted by Gasteiger charge is 2.24. The van der Waals surface area contributed by atoms with E-state index in [1.54, 1.807) is 22.7 Å². The summed E-state index contributed by atoms with van der Waals surface area (Å²) in [4.78, 5) is 25.0. The number of thioether (sulfide) groups is 1. The Bertz CT molecular complexity index is 490. The van der Waals surface area contributed by atoms with E-state index in [-0.39, 0.29) is 11.6 Å². The summed E-state index contributed by atoms with van der Waals surface area (Å²) in [5, 5.41) is 10.8. The quantitative estimate of drug-likeness (QED) is 0.623. The number of carbonyl (C=O) groups is 1. The maximum absolute atomic E-state index is 12.0. The van der Waals surface area contributed by atoms with Gasteiger partial charge in [-0.2, -0.15) is 0 Å². The van der Waals surface area contributed by atoms with E-state index < -0.39 is 4.92 Å². The molecule has 0 aromatic heterocycles. The Balaban J connectivity index is 2.37. The molecule has 1 aromatic rings. The number of nitro benzene ring substituents is 1. The van der Waals surface area contributed by atoms with E-state index in [1.165, 1.54) is 12.1 Å². The van der Waals surface area contributed by atoms with Gasteiger partial charge in [0.05, 0.1) is 10.6 Å². The Hall–Kier alpha value is -1.56. The van der Waals surface area contributed by atoms with Gasteiger partial charge in [0.15, 0.2) is 0 Å². The molecule has 18 heavy (non-hydrogen) atoms. The Kier molecular flexibility index (Phi) is 3.86. The van der Waals surface area contributed by atoms with E-state index in [0.717, 1.165) is 17.1 Å². The molecule has 0 spiro atoms. The molecule has 0 atom stereocenters. The zero-order valence-electron chi connectivity index (χ0n) is 10.1. The Labute approximate surface area is 109 Å². The van der Waals surface area contributed by atoms with Gasteiger partial charge in [-0.15, -0.1) is 11.8 Å². The molecule has 1 aromatic carbocycles. The third-order valence-corrected chi connectivity index (χ3v) is 3.82. The van der Waals surface area contributed by atoms with Crippen LogP contribution in [0.25, 0.3) is 0 Å². The first-order valence-electron chi connectivity index (χ1n) is 5.85. The molecule has 0 saturated carbocycles. The van der Waals surface area contributed by atoms with Gasteiger partial charge in [-0.25, -0.2) is 0 Å². The van der Waals surface area contributed by atoms with Crippen molar-refractivity contribution in [2.75, 3.05) is 17.2 Å². The number of benzene rings is 1. The first kappa shape index (κ1) is 12.9. The number of fused-ring (bicyclic) bond motifs is 1. The summed E-state index contributed by atoms with van der Waals surface area (Å²) >= 11 is 1.63. The molecule has 0 bridgehead atoms. The van der Waals surface area contributed by atoms with Crippen LogP contribution in [0.4, 0.5) is 11.4 Å². The number of hydrogen-bond acceptors (Lipinski definition) is 4. The number of hydrogen-bond donors (Lipinski definition) is 0. The topological polar surface area (TPSA) is 63.5 Å². The van der Waals surface area contributed by atoms with Crippen LogP contribution >= 0.6 is 11.8 Å². The molecule has 0 aliphatic carbocycles. The maximum Gasteiger partial charge on any atom is 0.271 e. The predicted octanol–water partition coefficient (Wildman–Crippen LogP) is 2.83. The van der Waals surface area contributed by atoms with Gasteiger partial charge in [-0.1, -0.05) is 6.92 Å². The van der Waals surface area contributed by atoms with Crippen molar-refractivity contribution in [2.45, 2.75) is 24.7 Å². The van der Waals surface area contributed by atoms with Crippen molar-refractivity contribution in [2.24, 2.45) is 0 Å². The van der Waals surface area contributed by atoms with Crippen LogP contribution in [-0.2, 0) is 4.79 Å². The summed E-state index contributed by atoms with van der Waals surface area (Å²) in [6, 6.07) is 4.71. The SMILES string of the molecule is CCCC(=O)N1CCSc2ccc([N+](=O)[O-])cc21. The van der Waals surface area contributed by atoms with Crippen molar-refractivity contribution in [3.05, 3.63) is 28.3 Å². The summed E-state index contributed by atoms with van der Waals surface area (Å²) in [5.74, 6) is 0.875. The van der Waals surface area contributed by atoms with Crippen LogP contribution in [0.3, 0.4) is 0 Å². The Morgan fingerprint density at radius 3 is 3.00 bits per heavy atom. The number of rotatable bonds is 3. The van der Waals surface area contributed by atoms with Gasteiger partial charge >= 0.3 is 0 Å².